The molecule has 0 saturated heterocycles. The average molecular weight is 257 g/mol. The molecule has 0 spiro atoms. The van der Waals surface area contributed by atoms with Gasteiger partial charge >= 0.3 is 5.69 Å². The molecule has 14 heavy (non-hydrogen) atoms. The van der Waals surface area contributed by atoms with Gasteiger partial charge in [0.15, 0.2) is 0 Å². The lowest BCUT2D eigenvalue weighted by Crippen LogP contribution is -2.14. The second-order valence-electron chi connectivity index (χ2n) is 2.73. The molecule has 0 aliphatic heterocycles. The first kappa shape index (κ1) is 9.21. The Morgan fingerprint density at radius 1 is 1.43 bits per heavy atom. The molecule has 0 radical (unpaired) electrons. The Labute approximate surface area is 87.3 Å². The molecule has 0 aliphatic rings. The highest BCUT2D eigenvalue weighted by Gasteiger charge is 2.05. The van der Waals surface area contributed by atoms with E-state index in [0.29, 0.717) is 10.3 Å². The first-order valence-electron chi connectivity index (χ1n) is 3.90. The van der Waals surface area contributed by atoms with E-state index in [9.17, 15) is 9.18 Å². The molecule has 0 atom stereocenters. The van der Waals surface area contributed by atoms with Crippen LogP contribution in [0, 0.1) is 5.82 Å². The summed E-state index contributed by atoms with van der Waals surface area (Å²) in [6.07, 6.45) is 1.51. The van der Waals surface area contributed by atoms with Crippen molar-refractivity contribution in [3.8, 4) is 5.69 Å². The van der Waals surface area contributed by atoms with Gasteiger partial charge in [-0.1, -0.05) is 6.07 Å². The van der Waals surface area contributed by atoms with Gasteiger partial charge in [-0.15, -0.1) is 0 Å². The third-order valence-corrected chi connectivity index (χ3v) is 2.38. The van der Waals surface area contributed by atoms with Gasteiger partial charge < -0.3 is 4.98 Å². The summed E-state index contributed by atoms with van der Waals surface area (Å²) in [4.78, 5) is 13.8. The van der Waals surface area contributed by atoms with E-state index in [-0.39, 0.29) is 11.5 Å². The second-order valence-corrected chi connectivity index (χ2v) is 3.54. The quantitative estimate of drug-likeness (QED) is 0.834. The Morgan fingerprint density at radius 2 is 2.21 bits per heavy atom. The molecule has 72 valence electrons. The standard InChI is InChI=1S/C9H6BrFN2O/c10-8-5-12-9(14)13(8)7-3-1-2-6(11)4-7/h1-5H,(H,12,14). The zero-order valence-electron chi connectivity index (χ0n) is 7.00. The SMILES string of the molecule is O=c1[nH]cc(Br)n1-c1cccc(F)c1. The number of aromatic nitrogens is 2. The van der Waals surface area contributed by atoms with E-state index < -0.39 is 0 Å². The molecule has 1 aromatic carbocycles. The van der Waals surface area contributed by atoms with Crippen molar-refractivity contribution >= 4 is 15.9 Å². The molecule has 5 heteroatoms. The Morgan fingerprint density at radius 3 is 2.79 bits per heavy atom. The predicted molar refractivity (Wildman–Crippen MR) is 54.0 cm³/mol. The van der Waals surface area contributed by atoms with Crippen LogP contribution in [0.3, 0.4) is 0 Å². The summed E-state index contributed by atoms with van der Waals surface area (Å²) in [7, 11) is 0. The van der Waals surface area contributed by atoms with Gasteiger partial charge in [0.05, 0.1) is 5.69 Å². The number of benzene rings is 1. The van der Waals surface area contributed by atoms with Crippen molar-refractivity contribution in [3.63, 3.8) is 0 Å². The molecule has 2 aromatic rings. The van der Waals surface area contributed by atoms with Crippen LogP contribution in [0.4, 0.5) is 4.39 Å². The Balaban J connectivity index is 2.66. The molecule has 1 heterocycles. The maximum Gasteiger partial charge on any atom is 0.331 e. The van der Waals surface area contributed by atoms with Crippen LogP contribution in [0.25, 0.3) is 5.69 Å². The molecule has 0 fully saturated rings. The van der Waals surface area contributed by atoms with Crippen LogP contribution in [0.5, 0.6) is 0 Å². The molecule has 0 saturated carbocycles. The van der Waals surface area contributed by atoms with E-state index in [4.69, 9.17) is 0 Å². The monoisotopic (exact) mass is 256 g/mol. The van der Waals surface area contributed by atoms with Gasteiger partial charge in [0.25, 0.3) is 0 Å². The smallest absolute Gasteiger partial charge is 0.311 e. The number of rotatable bonds is 1. The van der Waals surface area contributed by atoms with Crippen LogP contribution in [0.15, 0.2) is 39.9 Å². The van der Waals surface area contributed by atoms with Gasteiger partial charge in [0.2, 0.25) is 0 Å². The number of imidazole rings is 1. The summed E-state index contributed by atoms with van der Waals surface area (Å²) >= 11 is 3.19. The van der Waals surface area contributed by atoms with Gasteiger partial charge in [-0.2, -0.15) is 0 Å². The molecular formula is C9H6BrFN2O. The van der Waals surface area contributed by atoms with Crippen LogP contribution in [-0.4, -0.2) is 9.55 Å². The number of nitrogens with zero attached hydrogens (tertiary/aromatic N) is 1. The topological polar surface area (TPSA) is 37.8 Å². The fourth-order valence-corrected chi connectivity index (χ4v) is 1.68. The number of H-pyrrole nitrogens is 1. The second kappa shape index (κ2) is 3.42. The number of nitrogens with one attached hydrogen (secondary N) is 1. The van der Waals surface area contributed by atoms with E-state index in [0.717, 1.165) is 0 Å². The Hall–Kier alpha value is -1.36. The van der Waals surface area contributed by atoms with Crippen LogP contribution >= 0.6 is 15.9 Å². The molecule has 0 unspecified atom stereocenters. The Bertz CT molecular complexity index is 518. The van der Waals surface area contributed by atoms with Crippen LogP contribution in [0.2, 0.25) is 0 Å². The zero-order valence-corrected chi connectivity index (χ0v) is 8.58. The lowest BCUT2D eigenvalue weighted by molar-refractivity contribution is 0.626. The third-order valence-electron chi connectivity index (χ3n) is 1.80. The highest BCUT2D eigenvalue weighted by atomic mass is 79.9. The van der Waals surface area contributed by atoms with Crippen LogP contribution < -0.4 is 5.69 Å². The predicted octanol–water partition coefficient (Wildman–Crippen LogP) is 2.07. The van der Waals surface area contributed by atoms with Gasteiger partial charge in [-0.25, -0.2) is 9.18 Å². The van der Waals surface area contributed by atoms with Crippen molar-refractivity contribution in [2.24, 2.45) is 0 Å². The number of hydrogen-bond acceptors (Lipinski definition) is 1. The van der Waals surface area contributed by atoms with Crippen molar-refractivity contribution < 1.29 is 4.39 Å². The minimum atomic E-state index is -0.373. The first-order valence-corrected chi connectivity index (χ1v) is 4.69. The third kappa shape index (κ3) is 1.50. The maximum atomic E-state index is 12.9. The summed E-state index contributed by atoms with van der Waals surface area (Å²) in [6, 6.07) is 5.83. The van der Waals surface area contributed by atoms with E-state index in [1.54, 1.807) is 12.1 Å². The number of halogens is 2. The first-order chi connectivity index (χ1) is 6.68. The van der Waals surface area contributed by atoms with Crippen molar-refractivity contribution in [2.75, 3.05) is 0 Å². The van der Waals surface area contributed by atoms with Crippen molar-refractivity contribution in [2.45, 2.75) is 0 Å². The normalized spacial score (nSPS) is 10.4. The number of aromatic amines is 1. The number of hydrogen-bond donors (Lipinski definition) is 1. The summed E-state index contributed by atoms with van der Waals surface area (Å²) < 4.78 is 14.8. The van der Waals surface area contributed by atoms with E-state index >= 15 is 0 Å². The fraction of sp³-hybridized carbons (Fsp3) is 0. The summed E-state index contributed by atoms with van der Waals surface area (Å²) in [6.45, 7) is 0. The molecule has 0 bridgehead atoms. The van der Waals surface area contributed by atoms with Crippen molar-refractivity contribution in [3.05, 3.63) is 51.4 Å². The molecule has 3 nitrogen and oxygen atoms in total. The molecule has 1 aromatic heterocycles. The molecule has 2 rings (SSSR count). The van der Waals surface area contributed by atoms with E-state index in [1.165, 1.54) is 22.9 Å². The van der Waals surface area contributed by atoms with Crippen molar-refractivity contribution in [1.82, 2.24) is 9.55 Å². The highest BCUT2D eigenvalue weighted by molar-refractivity contribution is 9.10. The average Bonchev–Trinajstić information content (AvgIpc) is 2.46. The lowest BCUT2D eigenvalue weighted by Gasteiger charge is -2.01. The van der Waals surface area contributed by atoms with E-state index in [2.05, 4.69) is 20.9 Å². The summed E-state index contributed by atoms with van der Waals surface area (Å²) in [5.74, 6) is -0.373. The minimum absolute atomic E-state index is 0.303. The van der Waals surface area contributed by atoms with Gasteiger partial charge in [-0.05, 0) is 34.1 Å². The Kier molecular flexibility index (Phi) is 2.25. The summed E-state index contributed by atoms with van der Waals surface area (Å²) in [5, 5.41) is 0. The largest absolute Gasteiger partial charge is 0.331 e. The fourth-order valence-electron chi connectivity index (χ4n) is 1.20. The van der Waals surface area contributed by atoms with Gasteiger partial charge in [0.1, 0.15) is 10.4 Å². The molecule has 0 aliphatic carbocycles. The molecule has 1 N–H and O–H groups in total. The van der Waals surface area contributed by atoms with Crippen molar-refractivity contribution in [1.29, 1.82) is 0 Å². The highest BCUT2D eigenvalue weighted by Crippen LogP contribution is 2.13. The lowest BCUT2D eigenvalue weighted by atomic mass is 10.3. The van der Waals surface area contributed by atoms with E-state index in [1.807, 2.05) is 0 Å². The van der Waals surface area contributed by atoms with Crippen LogP contribution in [0.1, 0.15) is 0 Å². The molecule has 0 amide bonds. The van der Waals surface area contributed by atoms with Gasteiger partial charge in [0, 0.05) is 6.20 Å². The van der Waals surface area contributed by atoms with Crippen LogP contribution in [-0.2, 0) is 0 Å². The zero-order chi connectivity index (χ0) is 10.1. The van der Waals surface area contributed by atoms with Gasteiger partial charge in [-0.3, -0.25) is 4.57 Å². The minimum Gasteiger partial charge on any atom is -0.311 e. The molecular weight excluding hydrogens is 251 g/mol. The summed E-state index contributed by atoms with van der Waals surface area (Å²) in [5.41, 5.74) is 0.186. The maximum absolute atomic E-state index is 12.9.